The summed E-state index contributed by atoms with van der Waals surface area (Å²) in [5, 5.41) is 14.8. The first-order valence-electron chi connectivity index (χ1n) is 11.4. The van der Waals surface area contributed by atoms with E-state index in [0.717, 1.165) is 12.3 Å². The van der Waals surface area contributed by atoms with E-state index in [1.165, 1.54) is 38.5 Å². The number of fused-ring (bicyclic) bond motifs is 5. The van der Waals surface area contributed by atoms with E-state index in [9.17, 15) is 5.11 Å². The zero-order chi connectivity index (χ0) is 19.6. The van der Waals surface area contributed by atoms with Crippen molar-refractivity contribution in [1.82, 2.24) is 10.2 Å². The number of nitrogens with one attached hydrogen (secondary N) is 1. The van der Waals surface area contributed by atoms with Crippen LogP contribution in [-0.4, -0.2) is 49.3 Å². The van der Waals surface area contributed by atoms with Gasteiger partial charge in [0.25, 0.3) is 0 Å². The van der Waals surface area contributed by atoms with Crippen molar-refractivity contribution in [2.45, 2.75) is 83.9 Å². The first-order valence-corrected chi connectivity index (χ1v) is 11.4. The van der Waals surface area contributed by atoms with E-state index >= 15 is 0 Å². The van der Waals surface area contributed by atoms with Crippen LogP contribution in [0.15, 0.2) is 11.6 Å². The summed E-state index contributed by atoms with van der Waals surface area (Å²) in [4.78, 5) is 2.37. The lowest BCUT2D eigenvalue weighted by Gasteiger charge is -2.59. The fraction of sp³-hybridized carbons (Fsp3) is 0.917. The van der Waals surface area contributed by atoms with Crippen molar-refractivity contribution in [2.24, 2.45) is 34.5 Å². The van der Waals surface area contributed by atoms with Crippen molar-refractivity contribution in [3.05, 3.63) is 11.6 Å². The Balaban J connectivity index is 1.64. The summed E-state index contributed by atoms with van der Waals surface area (Å²) in [6.07, 6.45) is 11.2. The van der Waals surface area contributed by atoms with Crippen LogP contribution < -0.4 is 5.32 Å². The largest absolute Gasteiger partial charge is 0.393 e. The van der Waals surface area contributed by atoms with Crippen LogP contribution >= 0.6 is 0 Å². The maximum Gasteiger partial charge on any atom is 0.0580 e. The van der Waals surface area contributed by atoms with E-state index in [1.54, 1.807) is 5.57 Å². The van der Waals surface area contributed by atoms with Crippen LogP contribution in [0, 0.1) is 34.5 Å². The minimum atomic E-state index is -0.109. The van der Waals surface area contributed by atoms with Crippen molar-refractivity contribution in [3.63, 3.8) is 0 Å². The van der Waals surface area contributed by atoms with E-state index < -0.39 is 0 Å². The molecule has 9 unspecified atom stereocenters. The van der Waals surface area contributed by atoms with Crippen LogP contribution in [-0.2, 0) is 0 Å². The molecule has 4 aliphatic carbocycles. The molecule has 0 spiro atoms. The van der Waals surface area contributed by atoms with Gasteiger partial charge in [0.05, 0.1) is 6.10 Å². The fourth-order valence-corrected chi connectivity index (χ4v) is 8.13. The highest BCUT2D eigenvalue weighted by Gasteiger charge is 2.62. The summed E-state index contributed by atoms with van der Waals surface area (Å²) in [6.45, 7) is 7.45. The van der Waals surface area contributed by atoms with Gasteiger partial charge in [0, 0.05) is 12.1 Å². The summed E-state index contributed by atoms with van der Waals surface area (Å²) in [5.74, 6) is 2.56. The van der Waals surface area contributed by atoms with E-state index in [4.69, 9.17) is 0 Å². The van der Waals surface area contributed by atoms with Crippen LogP contribution in [0.4, 0.5) is 0 Å². The third-order valence-electron chi connectivity index (χ3n) is 9.96. The molecule has 0 heterocycles. The smallest absolute Gasteiger partial charge is 0.0580 e. The van der Waals surface area contributed by atoms with Gasteiger partial charge in [-0.05, 0) is 108 Å². The zero-order valence-electron chi connectivity index (χ0n) is 18.5. The standard InChI is InChI=1S/C24H42N2O/c1-15(26(5)6)20-14-21(27)22-18-8-7-16-13-17(25-4)9-11-23(16,2)19(18)10-12-24(20,22)3/h7,15,17-22,25,27H,8-14H2,1-6H3. The molecule has 4 aliphatic rings. The lowest BCUT2D eigenvalue weighted by Crippen LogP contribution is -2.53. The average molecular weight is 375 g/mol. The molecule has 0 bridgehead atoms. The van der Waals surface area contributed by atoms with E-state index in [-0.39, 0.29) is 6.10 Å². The van der Waals surface area contributed by atoms with Crippen molar-refractivity contribution in [3.8, 4) is 0 Å². The molecule has 27 heavy (non-hydrogen) atoms. The summed E-state index contributed by atoms with van der Waals surface area (Å²) in [7, 11) is 6.53. The third kappa shape index (κ3) is 2.87. The molecule has 0 amide bonds. The third-order valence-corrected chi connectivity index (χ3v) is 9.96. The number of rotatable bonds is 3. The number of hydrogen-bond donors (Lipinski definition) is 2. The Morgan fingerprint density at radius 1 is 1.22 bits per heavy atom. The van der Waals surface area contributed by atoms with Crippen LogP contribution in [0.5, 0.6) is 0 Å². The molecule has 3 heteroatoms. The molecule has 4 rings (SSSR count). The zero-order valence-corrected chi connectivity index (χ0v) is 18.5. The molecule has 0 radical (unpaired) electrons. The van der Waals surface area contributed by atoms with Gasteiger partial charge in [0.2, 0.25) is 0 Å². The number of nitrogens with zero attached hydrogens (tertiary/aromatic N) is 1. The Morgan fingerprint density at radius 2 is 1.96 bits per heavy atom. The highest BCUT2D eigenvalue weighted by molar-refractivity contribution is 5.26. The molecule has 9 atom stereocenters. The monoisotopic (exact) mass is 374 g/mol. The van der Waals surface area contributed by atoms with Crippen molar-refractivity contribution in [1.29, 1.82) is 0 Å². The first-order chi connectivity index (χ1) is 12.7. The summed E-state index contributed by atoms with van der Waals surface area (Å²) >= 11 is 0. The van der Waals surface area contributed by atoms with E-state index in [2.05, 4.69) is 58.2 Å². The number of allylic oxidation sites excluding steroid dienone is 1. The maximum atomic E-state index is 11.2. The molecule has 154 valence electrons. The molecule has 3 nitrogen and oxygen atoms in total. The molecular formula is C24H42N2O. The predicted octanol–water partition coefficient (Wildman–Crippen LogP) is 4.07. The lowest BCUT2D eigenvalue weighted by atomic mass is 9.47. The summed E-state index contributed by atoms with van der Waals surface area (Å²) in [5.41, 5.74) is 2.40. The van der Waals surface area contributed by atoms with Crippen molar-refractivity contribution < 1.29 is 5.11 Å². The fourth-order valence-electron chi connectivity index (χ4n) is 8.13. The molecule has 0 aliphatic heterocycles. The van der Waals surface area contributed by atoms with Crippen LogP contribution in [0.1, 0.15) is 65.7 Å². The molecule has 0 aromatic heterocycles. The average Bonchev–Trinajstić information content (AvgIpc) is 2.91. The topological polar surface area (TPSA) is 35.5 Å². The molecular weight excluding hydrogens is 332 g/mol. The van der Waals surface area contributed by atoms with Gasteiger partial charge in [-0.1, -0.05) is 25.5 Å². The highest BCUT2D eigenvalue weighted by Crippen LogP contribution is 2.66. The quantitative estimate of drug-likeness (QED) is 0.731. The Hall–Kier alpha value is -0.380. The molecule has 0 aromatic rings. The van der Waals surface area contributed by atoms with Gasteiger partial charge in [0.15, 0.2) is 0 Å². The Morgan fingerprint density at radius 3 is 2.63 bits per heavy atom. The molecule has 0 aromatic carbocycles. The van der Waals surface area contributed by atoms with Crippen molar-refractivity contribution >= 4 is 0 Å². The van der Waals surface area contributed by atoms with E-state index in [0.29, 0.717) is 40.7 Å². The van der Waals surface area contributed by atoms with Gasteiger partial charge in [-0.3, -0.25) is 0 Å². The Bertz CT molecular complexity index is 601. The summed E-state index contributed by atoms with van der Waals surface area (Å²) < 4.78 is 0. The summed E-state index contributed by atoms with van der Waals surface area (Å²) in [6, 6.07) is 1.21. The SMILES string of the molecule is CNC1CCC2(C)C(=CCC3C2CCC2(C)C(C(C)N(C)C)CC(O)C32)C1. The minimum Gasteiger partial charge on any atom is -0.393 e. The predicted molar refractivity (Wildman–Crippen MR) is 113 cm³/mol. The van der Waals surface area contributed by atoms with Gasteiger partial charge in [-0.15, -0.1) is 0 Å². The second-order valence-corrected chi connectivity index (χ2v) is 11.1. The number of hydrogen-bond acceptors (Lipinski definition) is 3. The lowest BCUT2D eigenvalue weighted by molar-refractivity contribution is -0.0783. The highest BCUT2D eigenvalue weighted by atomic mass is 16.3. The van der Waals surface area contributed by atoms with Gasteiger partial charge in [-0.2, -0.15) is 0 Å². The van der Waals surface area contributed by atoms with Gasteiger partial charge >= 0.3 is 0 Å². The number of aliphatic hydroxyl groups is 1. The van der Waals surface area contributed by atoms with Gasteiger partial charge in [-0.25, -0.2) is 0 Å². The van der Waals surface area contributed by atoms with Crippen molar-refractivity contribution in [2.75, 3.05) is 21.1 Å². The van der Waals surface area contributed by atoms with E-state index in [1.807, 2.05) is 0 Å². The van der Waals surface area contributed by atoms with Gasteiger partial charge in [0.1, 0.15) is 0 Å². The second kappa shape index (κ2) is 6.85. The van der Waals surface area contributed by atoms with Crippen LogP contribution in [0.3, 0.4) is 0 Å². The second-order valence-electron chi connectivity index (χ2n) is 11.1. The number of aliphatic hydroxyl groups excluding tert-OH is 1. The first kappa shape index (κ1) is 19.9. The molecule has 3 saturated carbocycles. The van der Waals surface area contributed by atoms with Crippen LogP contribution in [0.25, 0.3) is 0 Å². The Labute approximate surface area is 167 Å². The molecule has 0 saturated heterocycles. The molecule has 3 fully saturated rings. The van der Waals surface area contributed by atoms with Gasteiger partial charge < -0.3 is 15.3 Å². The normalized spacial score (nSPS) is 50.6. The molecule has 2 N–H and O–H groups in total. The maximum absolute atomic E-state index is 11.2. The van der Waals surface area contributed by atoms with Crippen LogP contribution in [0.2, 0.25) is 0 Å². The Kier molecular flexibility index (Phi) is 5.05. The minimum absolute atomic E-state index is 0.109.